The summed E-state index contributed by atoms with van der Waals surface area (Å²) in [6, 6.07) is 15.2. The number of methoxy groups -OCH3 is 3. The molecule has 3 aromatic rings. The van der Waals surface area contributed by atoms with Crippen molar-refractivity contribution in [3.8, 4) is 22.8 Å². The van der Waals surface area contributed by atoms with Crippen molar-refractivity contribution in [1.82, 2.24) is 9.78 Å². The maximum Gasteiger partial charge on any atom is 0.337 e. The summed E-state index contributed by atoms with van der Waals surface area (Å²) in [7, 11) is 4.54. The zero-order valence-electron chi connectivity index (χ0n) is 18.8. The first-order valence-electron chi connectivity index (χ1n) is 10.0. The number of aromatic nitrogens is 2. The second-order valence-corrected chi connectivity index (χ2v) is 8.07. The Morgan fingerprint density at radius 2 is 1.69 bits per heavy atom. The van der Waals surface area contributed by atoms with Gasteiger partial charge in [0, 0.05) is 16.7 Å². The van der Waals surface area contributed by atoms with E-state index >= 15 is 0 Å². The van der Waals surface area contributed by atoms with Crippen LogP contribution in [0.5, 0.6) is 11.5 Å². The predicted octanol–water partition coefficient (Wildman–Crippen LogP) is 4.74. The van der Waals surface area contributed by atoms with Crippen molar-refractivity contribution in [2.24, 2.45) is 0 Å². The number of hydrogen-bond donors (Lipinski definition) is 0. The third kappa shape index (κ3) is 5.41. The van der Waals surface area contributed by atoms with E-state index in [1.54, 1.807) is 34.1 Å². The SMILES string of the molecule is COC(=O)C(C)(C)OCc1cc(-c2cc(OC)cc(OC)c2)n(Cc2ccccc2Cl)n1. The summed E-state index contributed by atoms with van der Waals surface area (Å²) in [5.41, 5.74) is 2.18. The molecule has 0 spiro atoms. The summed E-state index contributed by atoms with van der Waals surface area (Å²) in [6.45, 7) is 3.90. The molecule has 1 aromatic heterocycles. The van der Waals surface area contributed by atoms with Crippen molar-refractivity contribution in [2.75, 3.05) is 21.3 Å². The van der Waals surface area contributed by atoms with Crippen LogP contribution in [-0.2, 0) is 27.4 Å². The molecule has 0 aliphatic heterocycles. The Hall–Kier alpha value is -3.03. The molecule has 0 saturated heterocycles. The van der Waals surface area contributed by atoms with Crippen LogP contribution < -0.4 is 9.47 Å². The quantitative estimate of drug-likeness (QED) is 0.431. The molecule has 0 saturated carbocycles. The van der Waals surface area contributed by atoms with Crippen LogP contribution in [0.25, 0.3) is 11.3 Å². The monoisotopic (exact) mass is 458 g/mol. The summed E-state index contributed by atoms with van der Waals surface area (Å²) in [6.07, 6.45) is 0. The highest BCUT2D eigenvalue weighted by Crippen LogP contribution is 2.31. The molecule has 2 aromatic carbocycles. The molecule has 32 heavy (non-hydrogen) atoms. The highest BCUT2D eigenvalue weighted by molar-refractivity contribution is 6.31. The van der Waals surface area contributed by atoms with Gasteiger partial charge in [-0.05, 0) is 43.7 Å². The van der Waals surface area contributed by atoms with Crippen molar-refractivity contribution < 1.29 is 23.7 Å². The second-order valence-electron chi connectivity index (χ2n) is 7.66. The van der Waals surface area contributed by atoms with Crippen molar-refractivity contribution in [2.45, 2.75) is 32.6 Å². The number of carbonyl (C=O) groups excluding carboxylic acids is 1. The van der Waals surface area contributed by atoms with E-state index < -0.39 is 11.6 Å². The molecule has 0 aliphatic carbocycles. The van der Waals surface area contributed by atoms with Crippen molar-refractivity contribution in [3.63, 3.8) is 0 Å². The van der Waals surface area contributed by atoms with Gasteiger partial charge in [-0.3, -0.25) is 4.68 Å². The number of benzene rings is 2. The maximum atomic E-state index is 12.0. The van der Waals surface area contributed by atoms with Crippen LogP contribution in [0.3, 0.4) is 0 Å². The van der Waals surface area contributed by atoms with Crippen molar-refractivity contribution in [3.05, 3.63) is 64.8 Å². The molecule has 0 aliphatic rings. The molecule has 0 amide bonds. The molecule has 7 nitrogen and oxygen atoms in total. The minimum atomic E-state index is -1.10. The lowest BCUT2D eigenvalue weighted by Crippen LogP contribution is -2.35. The zero-order valence-corrected chi connectivity index (χ0v) is 19.6. The zero-order chi connectivity index (χ0) is 23.3. The van der Waals surface area contributed by atoms with Gasteiger partial charge in [0.25, 0.3) is 0 Å². The van der Waals surface area contributed by atoms with E-state index in [-0.39, 0.29) is 6.61 Å². The summed E-state index contributed by atoms with van der Waals surface area (Å²) >= 11 is 6.39. The Morgan fingerprint density at radius 3 is 2.28 bits per heavy atom. The van der Waals surface area contributed by atoms with Crippen LogP contribution in [0.1, 0.15) is 25.1 Å². The number of carbonyl (C=O) groups is 1. The highest BCUT2D eigenvalue weighted by atomic mass is 35.5. The molecule has 0 unspecified atom stereocenters. The lowest BCUT2D eigenvalue weighted by Gasteiger charge is -2.21. The fourth-order valence-electron chi connectivity index (χ4n) is 3.20. The molecule has 0 radical (unpaired) electrons. The van der Waals surface area contributed by atoms with Crippen LogP contribution in [-0.4, -0.2) is 42.7 Å². The topological polar surface area (TPSA) is 71.8 Å². The summed E-state index contributed by atoms with van der Waals surface area (Å²) in [5, 5.41) is 5.38. The Morgan fingerprint density at radius 1 is 1.03 bits per heavy atom. The van der Waals surface area contributed by atoms with Gasteiger partial charge in [0.15, 0.2) is 5.60 Å². The highest BCUT2D eigenvalue weighted by Gasteiger charge is 2.30. The van der Waals surface area contributed by atoms with Crippen LogP contribution in [0.2, 0.25) is 5.02 Å². The Bertz CT molecular complexity index is 1070. The number of ether oxygens (including phenoxy) is 4. The van der Waals surface area contributed by atoms with Crippen molar-refractivity contribution in [1.29, 1.82) is 0 Å². The van der Waals surface area contributed by atoms with Crippen LogP contribution in [0, 0.1) is 0 Å². The Kier molecular flexibility index (Phi) is 7.43. The first-order chi connectivity index (χ1) is 15.3. The summed E-state index contributed by atoms with van der Waals surface area (Å²) in [4.78, 5) is 12.0. The van der Waals surface area contributed by atoms with Gasteiger partial charge in [-0.1, -0.05) is 29.8 Å². The van der Waals surface area contributed by atoms with Crippen molar-refractivity contribution >= 4 is 17.6 Å². The molecule has 1 heterocycles. The van der Waals surface area contributed by atoms with E-state index in [1.165, 1.54) is 7.11 Å². The van der Waals surface area contributed by atoms with E-state index in [0.717, 1.165) is 16.8 Å². The predicted molar refractivity (Wildman–Crippen MR) is 122 cm³/mol. The van der Waals surface area contributed by atoms with Crippen LogP contribution in [0.4, 0.5) is 0 Å². The number of nitrogens with zero attached hydrogens (tertiary/aromatic N) is 2. The fourth-order valence-corrected chi connectivity index (χ4v) is 3.39. The average molecular weight is 459 g/mol. The van der Waals surface area contributed by atoms with E-state index in [0.29, 0.717) is 28.8 Å². The fraction of sp³-hybridized carbons (Fsp3) is 0.333. The van der Waals surface area contributed by atoms with Gasteiger partial charge in [-0.25, -0.2) is 4.79 Å². The molecule has 0 N–H and O–H groups in total. The molecule has 3 rings (SSSR count). The van der Waals surface area contributed by atoms with E-state index in [9.17, 15) is 4.79 Å². The largest absolute Gasteiger partial charge is 0.497 e. The van der Waals surface area contributed by atoms with Crippen LogP contribution >= 0.6 is 11.6 Å². The molecule has 170 valence electrons. The molecule has 0 fully saturated rings. The van der Waals surface area contributed by atoms with Gasteiger partial charge >= 0.3 is 5.97 Å². The smallest absolute Gasteiger partial charge is 0.337 e. The molecular weight excluding hydrogens is 432 g/mol. The second kappa shape index (κ2) is 10.1. The molecule has 8 heteroatoms. The number of esters is 1. The number of hydrogen-bond acceptors (Lipinski definition) is 6. The first-order valence-corrected chi connectivity index (χ1v) is 10.4. The average Bonchev–Trinajstić information content (AvgIpc) is 3.21. The van der Waals surface area contributed by atoms with Gasteiger partial charge < -0.3 is 18.9 Å². The summed E-state index contributed by atoms with van der Waals surface area (Å²) < 4.78 is 23.3. The van der Waals surface area contributed by atoms with E-state index in [4.69, 9.17) is 35.6 Å². The minimum absolute atomic E-state index is 0.131. The molecule has 0 bridgehead atoms. The standard InChI is InChI=1S/C24H27ClN2O5/c1-24(2,23(28)31-5)32-15-18-12-22(17-10-19(29-3)13-20(11-17)30-4)27(26-18)14-16-8-6-7-9-21(16)25/h6-13H,14-15H2,1-5H3. The third-order valence-corrected chi connectivity index (χ3v) is 5.38. The number of rotatable bonds is 9. The van der Waals surface area contributed by atoms with E-state index in [2.05, 4.69) is 0 Å². The molecular formula is C24H27ClN2O5. The van der Waals surface area contributed by atoms with Gasteiger partial charge in [0.05, 0.1) is 45.9 Å². The van der Waals surface area contributed by atoms with Gasteiger partial charge in [-0.2, -0.15) is 5.10 Å². The lowest BCUT2D eigenvalue weighted by atomic mass is 10.1. The first kappa shape index (κ1) is 23.6. The Balaban J connectivity index is 2.01. The minimum Gasteiger partial charge on any atom is -0.497 e. The van der Waals surface area contributed by atoms with Gasteiger partial charge in [0.2, 0.25) is 0 Å². The maximum absolute atomic E-state index is 12.0. The third-order valence-electron chi connectivity index (χ3n) is 5.01. The van der Waals surface area contributed by atoms with Gasteiger partial charge in [-0.15, -0.1) is 0 Å². The summed E-state index contributed by atoms with van der Waals surface area (Å²) in [5.74, 6) is 0.870. The lowest BCUT2D eigenvalue weighted by molar-refractivity contribution is -0.166. The normalized spacial score (nSPS) is 11.3. The Labute approximate surface area is 192 Å². The molecule has 0 atom stereocenters. The van der Waals surface area contributed by atoms with E-state index in [1.807, 2.05) is 47.1 Å². The van der Waals surface area contributed by atoms with Gasteiger partial charge in [0.1, 0.15) is 11.5 Å². The van der Waals surface area contributed by atoms with Crippen LogP contribution in [0.15, 0.2) is 48.5 Å². The number of halogens is 1.